The summed E-state index contributed by atoms with van der Waals surface area (Å²) in [7, 11) is 1.56. The zero-order chi connectivity index (χ0) is 11.5. The average molecular weight is 214 g/mol. The molecule has 1 aromatic rings. The van der Waals surface area contributed by atoms with E-state index in [2.05, 4.69) is 0 Å². The van der Waals surface area contributed by atoms with E-state index in [-0.39, 0.29) is 11.6 Å². The smallest absolute Gasteiger partial charge is 0.186 e. The second kappa shape index (κ2) is 4.14. The van der Waals surface area contributed by atoms with Crippen molar-refractivity contribution in [2.45, 2.75) is 0 Å². The molecule has 0 saturated heterocycles. The van der Waals surface area contributed by atoms with Gasteiger partial charge in [-0.25, -0.2) is 0 Å². The molecule has 0 saturated carbocycles. The molecule has 0 fully saturated rings. The zero-order valence-electron chi connectivity index (χ0n) is 8.77. The van der Waals surface area contributed by atoms with Gasteiger partial charge in [-0.3, -0.25) is 9.59 Å². The van der Waals surface area contributed by atoms with Crippen LogP contribution in [0.15, 0.2) is 42.5 Å². The Labute approximate surface area is 93.0 Å². The predicted octanol–water partition coefficient (Wildman–Crippen LogP) is 1.79. The SMILES string of the molecule is COc1cccc(C2=CC(=O)C=CC2=O)c1. The first-order valence-electron chi connectivity index (χ1n) is 4.83. The van der Waals surface area contributed by atoms with Crippen molar-refractivity contribution in [2.75, 3.05) is 7.11 Å². The molecule has 0 bridgehead atoms. The van der Waals surface area contributed by atoms with E-state index in [4.69, 9.17) is 4.74 Å². The van der Waals surface area contributed by atoms with Crippen LogP contribution in [-0.2, 0) is 9.59 Å². The third kappa shape index (κ3) is 1.93. The van der Waals surface area contributed by atoms with Gasteiger partial charge >= 0.3 is 0 Å². The molecule has 1 aromatic carbocycles. The fraction of sp³-hybridized carbons (Fsp3) is 0.0769. The molecule has 0 aromatic heterocycles. The van der Waals surface area contributed by atoms with Gasteiger partial charge in [0.2, 0.25) is 0 Å². The van der Waals surface area contributed by atoms with Gasteiger partial charge in [-0.15, -0.1) is 0 Å². The molecule has 0 aliphatic heterocycles. The van der Waals surface area contributed by atoms with Crippen LogP contribution in [0.1, 0.15) is 5.56 Å². The van der Waals surface area contributed by atoms with E-state index >= 15 is 0 Å². The van der Waals surface area contributed by atoms with Crippen LogP contribution in [-0.4, -0.2) is 18.7 Å². The summed E-state index contributed by atoms with van der Waals surface area (Å²) < 4.78 is 5.07. The average Bonchev–Trinajstić information content (AvgIpc) is 2.32. The van der Waals surface area contributed by atoms with Gasteiger partial charge in [0.1, 0.15) is 5.75 Å². The molecule has 3 heteroatoms. The predicted molar refractivity (Wildman–Crippen MR) is 60.1 cm³/mol. The molecule has 16 heavy (non-hydrogen) atoms. The molecule has 0 N–H and O–H groups in total. The van der Waals surface area contributed by atoms with Crippen LogP contribution in [0.4, 0.5) is 0 Å². The summed E-state index contributed by atoms with van der Waals surface area (Å²) in [6.45, 7) is 0. The molecular formula is C13H10O3. The molecule has 0 atom stereocenters. The third-order valence-corrected chi connectivity index (χ3v) is 2.33. The maximum Gasteiger partial charge on any atom is 0.186 e. The van der Waals surface area contributed by atoms with Gasteiger partial charge in [0.25, 0.3) is 0 Å². The van der Waals surface area contributed by atoms with Crippen molar-refractivity contribution >= 4 is 17.1 Å². The summed E-state index contributed by atoms with van der Waals surface area (Å²) in [5.41, 5.74) is 1.11. The normalized spacial score (nSPS) is 14.9. The molecule has 0 unspecified atom stereocenters. The maximum atomic E-state index is 11.6. The number of carbonyl (C=O) groups excluding carboxylic acids is 2. The van der Waals surface area contributed by atoms with Crippen LogP contribution in [0.3, 0.4) is 0 Å². The molecule has 0 heterocycles. The number of methoxy groups -OCH3 is 1. The Kier molecular flexibility index (Phi) is 2.68. The van der Waals surface area contributed by atoms with Crippen LogP contribution in [0.25, 0.3) is 5.57 Å². The highest BCUT2D eigenvalue weighted by Gasteiger charge is 2.15. The monoisotopic (exact) mass is 214 g/mol. The molecule has 3 nitrogen and oxygen atoms in total. The van der Waals surface area contributed by atoms with Crippen molar-refractivity contribution in [3.05, 3.63) is 48.1 Å². The number of ketones is 2. The molecule has 0 radical (unpaired) electrons. The standard InChI is InChI=1S/C13H10O3/c1-16-11-4-2-3-9(7-11)12-8-10(14)5-6-13(12)15/h2-8H,1H3. The molecule has 1 aliphatic rings. The van der Waals surface area contributed by atoms with Crippen molar-refractivity contribution in [3.63, 3.8) is 0 Å². The van der Waals surface area contributed by atoms with Crippen molar-refractivity contribution in [3.8, 4) is 5.75 Å². The summed E-state index contributed by atoms with van der Waals surface area (Å²) >= 11 is 0. The number of ether oxygens (including phenoxy) is 1. The number of hydrogen-bond donors (Lipinski definition) is 0. The minimum Gasteiger partial charge on any atom is -0.497 e. The molecule has 0 amide bonds. The lowest BCUT2D eigenvalue weighted by Crippen LogP contribution is -2.06. The molecule has 2 rings (SSSR count). The van der Waals surface area contributed by atoms with E-state index in [0.717, 1.165) is 0 Å². The van der Waals surface area contributed by atoms with Crippen molar-refractivity contribution in [2.24, 2.45) is 0 Å². The van der Waals surface area contributed by atoms with E-state index in [9.17, 15) is 9.59 Å². The fourth-order valence-electron chi connectivity index (χ4n) is 1.53. The molecule has 0 spiro atoms. The minimum atomic E-state index is -0.169. The van der Waals surface area contributed by atoms with Crippen LogP contribution in [0.2, 0.25) is 0 Å². The van der Waals surface area contributed by atoms with E-state index in [0.29, 0.717) is 16.9 Å². The van der Waals surface area contributed by atoms with E-state index in [1.165, 1.54) is 18.2 Å². The van der Waals surface area contributed by atoms with Crippen LogP contribution in [0.5, 0.6) is 5.75 Å². The topological polar surface area (TPSA) is 43.4 Å². The van der Waals surface area contributed by atoms with Gasteiger partial charge in [0.15, 0.2) is 11.6 Å². The maximum absolute atomic E-state index is 11.6. The largest absolute Gasteiger partial charge is 0.497 e. The van der Waals surface area contributed by atoms with Crippen LogP contribution >= 0.6 is 0 Å². The van der Waals surface area contributed by atoms with Gasteiger partial charge in [0.05, 0.1) is 7.11 Å². The number of carbonyl (C=O) groups is 2. The molecular weight excluding hydrogens is 204 g/mol. The Morgan fingerprint density at radius 2 is 1.94 bits per heavy atom. The van der Waals surface area contributed by atoms with Gasteiger partial charge < -0.3 is 4.74 Å². The Balaban J connectivity index is 2.43. The Morgan fingerprint density at radius 1 is 1.12 bits per heavy atom. The lowest BCUT2D eigenvalue weighted by molar-refractivity contribution is -0.113. The summed E-state index contributed by atoms with van der Waals surface area (Å²) in [5.74, 6) is 0.332. The van der Waals surface area contributed by atoms with Gasteiger partial charge in [-0.1, -0.05) is 12.1 Å². The number of hydrogen-bond acceptors (Lipinski definition) is 3. The lowest BCUT2D eigenvalue weighted by atomic mass is 9.96. The zero-order valence-corrected chi connectivity index (χ0v) is 8.77. The summed E-state index contributed by atoms with van der Waals surface area (Å²) in [5, 5.41) is 0. The van der Waals surface area contributed by atoms with Gasteiger partial charge in [0, 0.05) is 5.57 Å². The highest BCUT2D eigenvalue weighted by atomic mass is 16.5. The minimum absolute atomic E-state index is 0.159. The lowest BCUT2D eigenvalue weighted by Gasteiger charge is -2.08. The Morgan fingerprint density at radius 3 is 2.69 bits per heavy atom. The molecule has 1 aliphatic carbocycles. The highest BCUT2D eigenvalue weighted by molar-refractivity contribution is 6.33. The first-order valence-corrected chi connectivity index (χ1v) is 4.83. The van der Waals surface area contributed by atoms with Gasteiger partial charge in [-0.05, 0) is 35.9 Å². The quantitative estimate of drug-likeness (QED) is 0.705. The van der Waals surface area contributed by atoms with Crippen LogP contribution < -0.4 is 4.74 Å². The van der Waals surface area contributed by atoms with E-state index in [1.54, 1.807) is 31.4 Å². The first kappa shape index (κ1) is 10.4. The summed E-state index contributed by atoms with van der Waals surface area (Å²) in [4.78, 5) is 22.8. The van der Waals surface area contributed by atoms with Crippen molar-refractivity contribution < 1.29 is 14.3 Å². The first-order chi connectivity index (χ1) is 7.70. The number of allylic oxidation sites excluding steroid dienone is 4. The summed E-state index contributed by atoms with van der Waals surface area (Å²) in [6.07, 6.45) is 3.90. The van der Waals surface area contributed by atoms with Crippen molar-refractivity contribution in [1.82, 2.24) is 0 Å². The molecule has 80 valence electrons. The fourth-order valence-corrected chi connectivity index (χ4v) is 1.53. The van der Waals surface area contributed by atoms with Crippen molar-refractivity contribution in [1.29, 1.82) is 0 Å². The second-order valence-electron chi connectivity index (χ2n) is 3.39. The Hall–Kier alpha value is -2.16. The number of rotatable bonds is 2. The highest BCUT2D eigenvalue weighted by Crippen LogP contribution is 2.22. The van der Waals surface area contributed by atoms with E-state index in [1.807, 2.05) is 0 Å². The summed E-state index contributed by atoms with van der Waals surface area (Å²) in [6, 6.07) is 7.08. The second-order valence-corrected chi connectivity index (χ2v) is 3.39. The number of benzene rings is 1. The third-order valence-electron chi connectivity index (χ3n) is 2.33. The van der Waals surface area contributed by atoms with Crippen LogP contribution in [0, 0.1) is 0 Å². The Bertz CT molecular complexity index is 510. The van der Waals surface area contributed by atoms with E-state index < -0.39 is 0 Å². The van der Waals surface area contributed by atoms with Gasteiger partial charge in [-0.2, -0.15) is 0 Å².